The fraction of sp³-hybridized carbons (Fsp3) is 0.477. The third-order valence-corrected chi connectivity index (χ3v) is 11.5. The molecule has 3 fully saturated rings. The van der Waals surface area contributed by atoms with Crippen molar-refractivity contribution in [1.29, 1.82) is 0 Å². The summed E-state index contributed by atoms with van der Waals surface area (Å²) >= 11 is 0. The van der Waals surface area contributed by atoms with E-state index in [0.29, 0.717) is 5.56 Å². The van der Waals surface area contributed by atoms with E-state index in [2.05, 4.69) is 0 Å². The Kier molecular flexibility index (Phi) is 15.3. The second-order valence-electron chi connectivity index (χ2n) is 16.0. The lowest BCUT2D eigenvalue weighted by molar-refractivity contribution is -0.325. The number of rotatable bonds is 14. The molecular weight excluding hydrogens is 896 g/mol. The van der Waals surface area contributed by atoms with Crippen molar-refractivity contribution in [3.8, 4) is 40.2 Å². The number of aromatic hydroxyl groups is 4. The van der Waals surface area contributed by atoms with Gasteiger partial charge in [-0.3, -0.25) is 0 Å². The van der Waals surface area contributed by atoms with Crippen LogP contribution in [-0.4, -0.2) is 192 Å². The molecule has 7 rings (SSSR count). The molecule has 23 heteroatoms. The van der Waals surface area contributed by atoms with Gasteiger partial charge in [-0.05, 0) is 42.8 Å². The smallest absolute Gasteiger partial charge is 0.331 e. The van der Waals surface area contributed by atoms with E-state index in [4.69, 9.17) is 47.4 Å². The van der Waals surface area contributed by atoms with Gasteiger partial charge in [0, 0.05) is 18.2 Å². The Bertz CT molecular complexity index is 2230. The number of hydrogen-bond donors (Lipinski definition) is 12. The maximum atomic E-state index is 12.6. The fourth-order valence-electron chi connectivity index (χ4n) is 7.77. The standard InChI is InChI=1S/C44H52O23/c1-17-40(67-30(48)9-6-18-4-7-20(46)8-5-18)36(54)39(57)42(61-17)60-16-29-33(51)35(53)38(56)44(66-29)64-27-14-22-23(62-41(27)19-10-25(58-2)31(49)26(11-19)59-3)12-21(47)13-24(22)63-43-37(55)34(52)32(50)28(15-45)65-43/h4-14,17,28-29,32-47,49-57H,15-16H2,1-3H3/p+1/b9-6+/t17-,28-,29+,32-,33-,34-,35+,36+,37-,38+,39+,40-,41?,42+,43+,44+/m0/s1. The zero-order chi connectivity index (χ0) is 48.4. The average Bonchev–Trinajstić information content (AvgIpc) is 3.31. The maximum absolute atomic E-state index is 12.6. The predicted molar refractivity (Wildman–Crippen MR) is 223 cm³/mol. The summed E-state index contributed by atoms with van der Waals surface area (Å²) in [5.41, 5.74) is 0.860. The zero-order valence-corrected chi connectivity index (χ0v) is 35.9. The van der Waals surface area contributed by atoms with E-state index < -0.39 is 123 Å². The van der Waals surface area contributed by atoms with E-state index in [-0.39, 0.29) is 51.4 Å². The molecular formula is C44H53O23+. The Hall–Kier alpha value is -5.51. The highest BCUT2D eigenvalue weighted by Crippen LogP contribution is 2.49. The van der Waals surface area contributed by atoms with Gasteiger partial charge in [-0.2, -0.15) is 0 Å². The van der Waals surface area contributed by atoms with Crippen LogP contribution in [0.2, 0.25) is 0 Å². The number of phenolic OH excluding ortho intramolecular Hbond substituents is 3. The van der Waals surface area contributed by atoms with Crippen molar-refractivity contribution in [3.63, 3.8) is 0 Å². The molecule has 0 saturated carbocycles. The van der Waals surface area contributed by atoms with E-state index in [9.17, 15) is 66.1 Å². The summed E-state index contributed by atoms with van der Waals surface area (Å²) in [5.74, 6) is -2.06. The molecule has 3 aromatic rings. The van der Waals surface area contributed by atoms with Gasteiger partial charge in [0.15, 0.2) is 29.7 Å². The van der Waals surface area contributed by atoms with E-state index in [1.54, 1.807) is 12.1 Å². The topological polar surface area (TPSA) is 356 Å². The highest BCUT2D eigenvalue weighted by Gasteiger charge is 2.50. The predicted octanol–water partition coefficient (Wildman–Crippen LogP) is -1.73. The van der Waals surface area contributed by atoms with Gasteiger partial charge in [-0.1, -0.05) is 12.1 Å². The SMILES string of the molecule is COc1cc(C2[OH+]c3cc(O)cc(O[C@@H]4O[C@@H](CO)[C@H](O)[C@H](O)[C@@H]4O)c3C=C2O[C@@H]2O[C@H](CO[C@@H]3O[C@@H](C)[C@H](OC(=O)/C=C/c4ccc(O)cc4)[C@H](O)[C@H]3O)[C@H](O)[C@@H](O)[C@H]2O)cc(OC)c1O. The summed E-state index contributed by atoms with van der Waals surface area (Å²) in [6, 6.07) is 11.1. The Morgan fingerprint density at radius 3 is 1.91 bits per heavy atom. The number of phenols is 3. The monoisotopic (exact) mass is 949 g/mol. The van der Waals surface area contributed by atoms with E-state index in [1.165, 1.54) is 63.6 Å². The van der Waals surface area contributed by atoms with Crippen molar-refractivity contribution in [3.05, 3.63) is 77.1 Å². The van der Waals surface area contributed by atoms with Crippen molar-refractivity contribution in [2.24, 2.45) is 0 Å². The molecule has 0 radical (unpaired) electrons. The number of carbonyl (C=O) groups is 1. The summed E-state index contributed by atoms with van der Waals surface area (Å²) < 4.78 is 55.9. The zero-order valence-electron chi connectivity index (χ0n) is 35.9. The maximum Gasteiger partial charge on any atom is 0.331 e. The molecule has 4 aliphatic rings. The number of esters is 1. The fourth-order valence-corrected chi connectivity index (χ4v) is 7.77. The summed E-state index contributed by atoms with van der Waals surface area (Å²) in [7, 11) is 2.57. The lowest BCUT2D eigenvalue weighted by atomic mass is 9.97. The number of carbonyl (C=O) groups excluding carboxylic acids is 1. The number of ether oxygens (including phenoxy) is 10. The molecule has 13 N–H and O–H groups in total. The first-order chi connectivity index (χ1) is 31.9. The third-order valence-electron chi connectivity index (χ3n) is 11.5. The number of aliphatic hydroxyl groups is 10. The van der Waals surface area contributed by atoms with Crippen molar-refractivity contribution in [2.75, 3.05) is 27.4 Å². The van der Waals surface area contributed by atoms with Gasteiger partial charge in [0.1, 0.15) is 83.9 Å². The first-order valence-electron chi connectivity index (χ1n) is 20.8. The summed E-state index contributed by atoms with van der Waals surface area (Å²) in [6.45, 7) is 0.0367. The van der Waals surface area contributed by atoms with Crippen LogP contribution in [0.5, 0.6) is 40.2 Å². The molecule has 16 atom stereocenters. The third kappa shape index (κ3) is 10.5. The first kappa shape index (κ1) is 49.4. The number of methoxy groups -OCH3 is 2. The molecule has 67 heavy (non-hydrogen) atoms. The number of benzene rings is 3. The molecule has 4 heterocycles. The minimum Gasteiger partial charge on any atom is -0.571 e. The number of hydrogen-bond acceptors (Lipinski definition) is 22. The van der Waals surface area contributed by atoms with E-state index >= 15 is 0 Å². The first-order valence-corrected chi connectivity index (χ1v) is 20.8. The molecule has 4 aliphatic heterocycles. The van der Waals surface area contributed by atoms with Crippen LogP contribution in [0.15, 0.2) is 60.4 Å². The second-order valence-corrected chi connectivity index (χ2v) is 16.0. The van der Waals surface area contributed by atoms with Gasteiger partial charge >= 0.3 is 5.97 Å². The van der Waals surface area contributed by atoms with Crippen molar-refractivity contribution >= 4 is 18.1 Å². The highest BCUT2D eigenvalue weighted by atomic mass is 16.7. The molecule has 0 aromatic heterocycles. The van der Waals surface area contributed by atoms with Crippen molar-refractivity contribution in [2.45, 2.75) is 105 Å². The van der Waals surface area contributed by atoms with Gasteiger partial charge in [0.2, 0.25) is 18.3 Å². The Balaban J connectivity index is 1.12. The normalized spacial score (nSPS) is 34.1. The Morgan fingerprint density at radius 2 is 1.28 bits per heavy atom. The minimum atomic E-state index is -1.96. The molecule has 0 aliphatic carbocycles. The highest BCUT2D eigenvalue weighted by molar-refractivity contribution is 5.87. The molecule has 0 bridgehead atoms. The molecule has 0 spiro atoms. The quantitative estimate of drug-likeness (QED) is 0.0485. The Labute approximate surface area is 380 Å². The summed E-state index contributed by atoms with van der Waals surface area (Å²) in [6.07, 6.45) is -22.5. The number of fused-ring (bicyclic) bond motifs is 1. The lowest BCUT2D eigenvalue weighted by Crippen LogP contribution is -2.61. The molecule has 3 aromatic carbocycles. The molecule has 3 saturated heterocycles. The van der Waals surface area contributed by atoms with Gasteiger partial charge in [0.25, 0.3) is 11.9 Å². The van der Waals surface area contributed by atoms with Crippen LogP contribution in [0.25, 0.3) is 12.2 Å². The van der Waals surface area contributed by atoms with Crippen LogP contribution in [0.4, 0.5) is 0 Å². The molecule has 366 valence electrons. The van der Waals surface area contributed by atoms with Crippen LogP contribution in [0, 0.1) is 0 Å². The van der Waals surface area contributed by atoms with Crippen LogP contribution in [0.3, 0.4) is 0 Å². The van der Waals surface area contributed by atoms with Crippen LogP contribution in [0.1, 0.15) is 29.7 Å². The molecule has 23 nitrogen and oxygen atoms in total. The molecule has 0 amide bonds. The van der Waals surface area contributed by atoms with Crippen molar-refractivity contribution in [1.82, 2.24) is 0 Å². The molecule has 1 unspecified atom stereocenters. The van der Waals surface area contributed by atoms with Gasteiger partial charge in [-0.25, -0.2) is 4.79 Å². The average molecular weight is 950 g/mol. The number of aliphatic hydroxyl groups excluding tert-OH is 9. The lowest BCUT2D eigenvalue weighted by Gasteiger charge is -2.43. The van der Waals surface area contributed by atoms with E-state index in [1.807, 2.05) is 0 Å². The summed E-state index contributed by atoms with van der Waals surface area (Å²) in [4.78, 5) is 12.6. The van der Waals surface area contributed by atoms with Crippen LogP contribution >= 0.6 is 0 Å². The van der Waals surface area contributed by atoms with Crippen LogP contribution in [-0.2, 0) is 33.2 Å². The minimum absolute atomic E-state index is 0.0290. The largest absolute Gasteiger partial charge is 0.571 e. The van der Waals surface area contributed by atoms with Crippen molar-refractivity contribution < 1.29 is 113 Å². The van der Waals surface area contributed by atoms with Gasteiger partial charge in [0.05, 0.1) is 45.2 Å². The van der Waals surface area contributed by atoms with Gasteiger partial charge in [-0.15, -0.1) is 0 Å². The Morgan fingerprint density at radius 1 is 0.687 bits per heavy atom. The second kappa shape index (κ2) is 20.8. The van der Waals surface area contributed by atoms with Crippen LogP contribution < -0.4 is 14.2 Å². The summed E-state index contributed by atoms with van der Waals surface area (Å²) in [5, 5.41) is 127. The van der Waals surface area contributed by atoms with E-state index in [0.717, 1.165) is 12.1 Å². The van der Waals surface area contributed by atoms with Gasteiger partial charge < -0.3 is 109 Å².